The molecule has 132 valence electrons. The number of halogens is 1. The Balaban J connectivity index is 1.66. The molecule has 7 heteroatoms. The molecule has 2 aromatic carbocycles. The van der Waals surface area contributed by atoms with Gasteiger partial charge in [-0.15, -0.1) is 0 Å². The van der Waals surface area contributed by atoms with Crippen LogP contribution in [0.4, 0.5) is 10.1 Å². The standard InChI is InChI=1S/C18H19FN2O3S/c1-13-6-8-15(9-7-13)21-12-14(10-18(21)22)11-20-25(23,24)17-5-3-2-4-16(17)19/h2-9,14,20H,10-12H2,1H3/t14-/m1/s1. The molecule has 0 aromatic heterocycles. The molecule has 1 amide bonds. The summed E-state index contributed by atoms with van der Waals surface area (Å²) in [6.45, 7) is 2.49. The van der Waals surface area contributed by atoms with E-state index in [1.807, 2.05) is 31.2 Å². The van der Waals surface area contributed by atoms with Crippen LogP contribution in [0.15, 0.2) is 53.4 Å². The molecule has 1 N–H and O–H groups in total. The third kappa shape index (κ3) is 3.88. The molecule has 5 nitrogen and oxygen atoms in total. The number of benzene rings is 2. The van der Waals surface area contributed by atoms with Crippen molar-refractivity contribution in [3.63, 3.8) is 0 Å². The molecular formula is C18H19FN2O3S. The van der Waals surface area contributed by atoms with E-state index in [0.717, 1.165) is 17.3 Å². The first-order chi connectivity index (χ1) is 11.9. The highest BCUT2D eigenvalue weighted by atomic mass is 32.2. The second-order valence-electron chi connectivity index (χ2n) is 6.19. The Morgan fingerprint density at radius 1 is 1.16 bits per heavy atom. The van der Waals surface area contributed by atoms with Crippen molar-refractivity contribution in [1.82, 2.24) is 4.72 Å². The van der Waals surface area contributed by atoms with Crippen LogP contribution in [0.2, 0.25) is 0 Å². The van der Waals surface area contributed by atoms with Gasteiger partial charge in [-0.1, -0.05) is 29.8 Å². The summed E-state index contributed by atoms with van der Waals surface area (Å²) in [5.74, 6) is -0.993. The van der Waals surface area contributed by atoms with E-state index in [4.69, 9.17) is 0 Å². The first kappa shape index (κ1) is 17.6. The maximum Gasteiger partial charge on any atom is 0.243 e. The average Bonchev–Trinajstić information content (AvgIpc) is 2.95. The van der Waals surface area contributed by atoms with Crippen LogP contribution >= 0.6 is 0 Å². The minimum atomic E-state index is -3.94. The SMILES string of the molecule is Cc1ccc(N2C[C@@H](CNS(=O)(=O)c3ccccc3F)CC2=O)cc1. The van der Waals surface area contributed by atoms with Gasteiger partial charge in [-0.3, -0.25) is 4.79 Å². The van der Waals surface area contributed by atoms with E-state index in [9.17, 15) is 17.6 Å². The van der Waals surface area contributed by atoms with Gasteiger partial charge in [0.15, 0.2) is 0 Å². The van der Waals surface area contributed by atoms with Crippen LogP contribution in [0.5, 0.6) is 0 Å². The summed E-state index contributed by atoms with van der Waals surface area (Å²) in [6, 6.07) is 12.8. The Labute approximate surface area is 146 Å². The highest BCUT2D eigenvalue weighted by molar-refractivity contribution is 7.89. The fraction of sp³-hybridized carbons (Fsp3) is 0.278. The molecule has 0 unspecified atom stereocenters. The summed E-state index contributed by atoms with van der Waals surface area (Å²) < 4.78 is 40.6. The van der Waals surface area contributed by atoms with E-state index in [0.29, 0.717) is 6.54 Å². The van der Waals surface area contributed by atoms with E-state index >= 15 is 0 Å². The van der Waals surface area contributed by atoms with Crippen molar-refractivity contribution in [2.75, 3.05) is 18.0 Å². The Kier molecular flexibility index (Phi) is 4.87. The molecule has 0 aliphatic carbocycles. The van der Waals surface area contributed by atoms with Crippen LogP contribution in [-0.2, 0) is 14.8 Å². The Bertz CT molecular complexity index is 881. The van der Waals surface area contributed by atoms with Gasteiger partial charge in [0.1, 0.15) is 10.7 Å². The molecule has 2 aromatic rings. The molecule has 1 saturated heterocycles. The Morgan fingerprint density at radius 3 is 2.52 bits per heavy atom. The van der Waals surface area contributed by atoms with Gasteiger partial charge in [0, 0.05) is 25.2 Å². The fourth-order valence-electron chi connectivity index (χ4n) is 2.86. The zero-order valence-corrected chi connectivity index (χ0v) is 14.6. The minimum absolute atomic E-state index is 0.0426. The molecule has 1 heterocycles. The number of sulfonamides is 1. The van der Waals surface area contributed by atoms with Gasteiger partial charge in [-0.2, -0.15) is 0 Å². The topological polar surface area (TPSA) is 66.5 Å². The molecule has 0 radical (unpaired) electrons. The van der Waals surface area contributed by atoms with Crippen molar-refractivity contribution in [3.8, 4) is 0 Å². The second-order valence-corrected chi connectivity index (χ2v) is 7.93. The van der Waals surface area contributed by atoms with Gasteiger partial charge >= 0.3 is 0 Å². The van der Waals surface area contributed by atoms with Crippen LogP contribution in [-0.4, -0.2) is 27.4 Å². The van der Waals surface area contributed by atoms with Crippen LogP contribution in [0.25, 0.3) is 0 Å². The third-order valence-electron chi connectivity index (χ3n) is 4.24. The third-order valence-corrected chi connectivity index (χ3v) is 5.70. The van der Waals surface area contributed by atoms with Gasteiger partial charge in [-0.05, 0) is 37.1 Å². The van der Waals surface area contributed by atoms with Crippen molar-refractivity contribution in [3.05, 3.63) is 59.9 Å². The van der Waals surface area contributed by atoms with Crippen LogP contribution in [0.1, 0.15) is 12.0 Å². The van der Waals surface area contributed by atoms with Crippen molar-refractivity contribution < 1.29 is 17.6 Å². The number of hydrogen-bond donors (Lipinski definition) is 1. The zero-order chi connectivity index (χ0) is 18.0. The quantitative estimate of drug-likeness (QED) is 0.889. The van der Waals surface area contributed by atoms with Gasteiger partial charge < -0.3 is 4.90 Å². The van der Waals surface area contributed by atoms with Crippen molar-refractivity contribution in [1.29, 1.82) is 0 Å². The van der Waals surface area contributed by atoms with E-state index < -0.39 is 15.8 Å². The molecule has 1 fully saturated rings. The van der Waals surface area contributed by atoms with Crippen LogP contribution in [0.3, 0.4) is 0 Å². The summed E-state index contributed by atoms with van der Waals surface area (Å²) >= 11 is 0. The first-order valence-corrected chi connectivity index (χ1v) is 9.46. The summed E-state index contributed by atoms with van der Waals surface area (Å²) in [6.07, 6.45) is 0.258. The average molecular weight is 362 g/mol. The molecule has 1 atom stereocenters. The van der Waals surface area contributed by atoms with E-state index in [1.54, 1.807) is 4.90 Å². The Morgan fingerprint density at radius 2 is 1.84 bits per heavy atom. The van der Waals surface area contributed by atoms with Gasteiger partial charge in [0.2, 0.25) is 15.9 Å². The first-order valence-electron chi connectivity index (χ1n) is 7.98. The molecule has 1 aliphatic rings. The number of hydrogen-bond acceptors (Lipinski definition) is 3. The van der Waals surface area contributed by atoms with Crippen LogP contribution in [0, 0.1) is 18.7 Å². The number of rotatable bonds is 5. The Hall–Kier alpha value is -2.25. The largest absolute Gasteiger partial charge is 0.312 e. The number of carbonyl (C=O) groups is 1. The van der Waals surface area contributed by atoms with Crippen molar-refractivity contribution in [2.45, 2.75) is 18.2 Å². The highest BCUT2D eigenvalue weighted by Crippen LogP contribution is 2.25. The van der Waals surface area contributed by atoms with E-state index in [1.165, 1.54) is 18.2 Å². The zero-order valence-electron chi connectivity index (χ0n) is 13.8. The predicted molar refractivity (Wildman–Crippen MR) is 93.2 cm³/mol. The lowest BCUT2D eigenvalue weighted by atomic mass is 10.1. The molecule has 1 aliphatic heterocycles. The minimum Gasteiger partial charge on any atom is -0.312 e. The second kappa shape index (κ2) is 6.93. The van der Waals surface area contributed by atoms with Crippen LogP contribution < -0.4 is 9.62 Å². The number of anilines is 1. The van der Waals surface area contributed by atoms with E-state index in [-0.39, 0.29) is 29.7 Å². The monoisotopic (exact) mass is 362 g/mol. The molecule has 3 rings (SSSR count). The summed E-state index contributed by atoms with van der Waals surface area (Å²) in [7, 11) is -3.94. The van der Waals surface area contributed by atoms with Gasteiger partial charge in [0.05, 0.1) is 0 Å². The lowest BCUT2D eigenvalue weighted by Crippen LogP contribution is -2.31. The maximum atomic E-state index is 13.7. The highest BCUT2D eigenvalue weighted by Gasteiger charge is 2.31. The number of amides is 1. The lowest BCUT2D eigenvalue weighted by Gasteiger charge is -2.17. The molecule has 0 saturated carbocycles. The number of nitrogens with zero attached hydrogens (tertiary/aromatic N) is 1. The number of aryl methyl sites for hydroxylation is 1. The van der Waals surface area contributed by atoms with E-state index in [2.05, 4.69) is 4.72 Å². The molecular weight excluding hydrogens is 343 g/mol. The fourth-order valence-corrected chi connectivity index (χ4v) is 4.05. The molecule has 25 heavy (non-hydrogen) atoms. The summed E-state index contributed by atoms with van der Waals surface area (Å²) in [5.41, 5.74) is 1.90. The maximum absolute atomic E-state index is 13.7. The van der Waals surface area contributed by atoms with Gasteiger partial charge in [-0.25, -0.2) is 17.5 Å². The van der Waals surface area contributed by atoms with Gasteiger partial charge in [0.25, 0.3) is 0 Å². The number of carbonyl (C=O) groups excluding carboxylic acids is 1. The molecule has 0 bridgehead atoms. The summed E-state index contributed by atoms with van der Waals surface area (Å²) in [5, 5.41) is 0. The predicted octanol–water partition coefficient (Wildman–Crippen LogP) is 2.47. The lowest BCUT2D eigenvalue weighted by molar-refractivity contribution is -0.117. The number of nitrogens with one attached hydrogen (secondary N) is 1. The van der Waals surface area contributed by atoms with Crippen molar-refractivity contribution in [2.24, 2.45) is 5.92 Å². The molecule has 0 spiro atoms. The summed E-state index contributed by atoms with van der Waals surface area (Å²) in [4.78, 5) is 13.5. The smallest absolute Gasteiger partial charge is 0.243 e. The van der Waals surface area contributed by atoms with Crippen molar-refractivity contribution >= 4 is 21.6 Å². The normalized spacial score (nSPS) is 17.9.